The van der Waals surface area contributed by atoms with Crippen LogP contribution < -0.4 is 10.2 Å². The second-order valence-electron chi connectivity index (χ2n) is 7.86. The number of halogens is 4. The molecular weight excluding hydrogens is 419 g/mol. The SMILES string of the molecule is COc1c(Cl)cccc1C(C)(C)CC(O)(CNn1ncc2ccccc21)C(F)(F)F. The van der Waals surface area contributed by atoms with E-state index in [2.05, 4.69) is 10.5 Å². The zero-order chi connectivity index (χ0) is 22.2. The van der Waals surface area contributed by atoms with E-state index in [0.717, 1.165) is 5.39 Å². The smallest absolute Gasteiger partial charge is 0.419 e. The number of nitrogens with zero attached hydrogens (tertiary/aromatic N) is 2. The molecule has 0 bridgehead atoms. The number of rotatable bonds is 7. The predicted molar refractivity (Wildman–Crippen MR) is 111 cm³/mol. The zero-order valence-electron chi connectivity index (χ0n) is 16.8. The van der Waals surface area contributed by atoms with Gasteiger partial charge in [-0.25, -0.2) is 0 Å². The van der Waals surface area contributed by atoms with Crippen LogP contribution in [0.2, 0.25) is 5.02 Å². The molecule has 0 fully saturated rings. The maximum Gasteiger partial charge on any atom is 0.419 e. The molecular formula is C21H23ClF3N3O2. The topological polar surface area (TPSA) is 59.3 Å². The van der Waals surface area contributed by atoms with Crippen molar-refractivity contribution in [1.29, 1.82) is 0 Å². The molecule has 1 unspecified atom stereocenters. The molecule has 2 N–H and O–H groups in total. The van der Waals surface area contributed by atoms with E-state index in [0.29, 0.717) is 21.9 Å². The van der Waals surface area contributed by atoms with Crippen LogP contribution in [-0.4, -0.2) is 40.4 Å². The van der Waals surface area contributed by atoms with E-state index in [1.54, 1.807) is 56.3 Å². The lowest BCUT2D eigenvalue weighted by molar-refractivity contribution is -0.261. The molecule has 0 radical (unpaired) electrons. The Morgan fingerprint density at radius 3 is 2.50 bits per heavy atom. The third-order valence-corrected chi connectivity index (χ3v) is 5.46. The minimum atomic E-state index is -4.88. The summed E-state index contributed by atoms with van der Waals surface area (Å²) in [5.41, 5.74) is -0.441. The first-order valence-electron chi connectivity index (χ1n) is 9.27. The van der Waals surface area contributed by atoms with Crippen LogP contribution in [0.5, 0.6) is 5.75 Å². The van der Waals surface area contributed by atoms with Gasteiger partial charge in [-0.3, -0.25) is 0 Å². The molecule has 3 rings (SSSR count). The molecule has 2 aromatic carbocycles. The minimum absolute atomic E-state index is 0.291. The molecule has 0 aliphatic carbocycles. The Hall–Kier alpha value is -2.45. The standard InChI is InChI=1S/C21H23ClF3N3O2/c1-19(2,15-8-6-9-16(22)18(15)30-3)12-20(29,21(23,24)25)13-27-28-17-10-5-4-7-14(17)11-26-28/h4-11,27,29H,12-13H2,1-3H3. The van der Waals surface area contributed by atoms with Gasteiger partial charge < -0.3 is 15.3 Å². The third kappa shape index (κ3) is 4.20. The van der Waals surface area contributed by atoms with Crippen LogP contribution in [0.25, 0.3) is 10.9 Å². The van der Waals surface area contributed by atoms with Crippen molar-refractivity contribution in [3.05, 3.63) is 59.2 Å². The molecule has 1 aromatic heterocycles. The van der Waals surface area contributed by atoms with Gasteiger partial charge in [0.25, 0.3) is 0 Å². The predicted octanol–water partition coefficient (Wildman–Crippen LogP) is 4.90. The Morgan fingerprint density at radius 1 is 1.13 bits per heavy atom. The number of para-hydroxylation sites is 2. The summed E-state index contributed by atoms with van der Waals surface area (Å²) in [4.78, 5) is 1.24. The van der Waals surface area contributed by atoms with Crippen molar-refractivity contribution >= 4 is 22.5 Å². The lowest BCUT2D eigenvalue weighted by Crippen LogP contribution is -2.54. The fourth-order valence-electron chi connectivity index (χ4n) is 3.64. The maximum atomic E-state index is 14.0. The molecule has 0 spiro atoms. The van der Waals surface area contributed by atoms with E-state index in [9.17, 15) is 18.3 Å². The van der Waals surface area contributed by atoms with Crippen molar-refractivity contribution in [3.8, 4) is 5.75 Å². The van der Waals surface area contributed by atoms with Gasteiger partial charge in [0.2, 0.25) is 0 Å². The van der Waals surface area contributed by atoms with Gasteiger partial charge in [-0.15, -0.1) is 0 Å². The Labute approximate surface area is 177 Å². The fourth-order valence-corrected chi connectivity index (χ4v) is 3.89. The Morgan fingerprint density at radius 2 is 1.83 bits per heavy atom. The highest BCUT2D eigenvalue weighted by Crippen LogP contribution is 2.45. The van der Waals surface area contributed by atoms with E-state index in [1.807, 2.05) is 0 Å². The summed E-state index contributed by atoms with van der Waals surface area (Å²) in [6, 6.07) is 12.0. The molecule has 0 aliphatic rings. The quantitative estimate of drug-likeness (QED) is 0.547. The molecule has 1 atom stereocenters. The van der Waals surface area contributed by atoms with E-state index in [1.165, 1.54) is 18.1 Å². The molecule has 3 aromatic rings. The molecule has 0 saturated carbocycles. The van der Waals surface area contributed by atoms with Gasteiger partial charge >= 0.3 is 6.18 Å². The van der Waals surface area contributed by atoms with E-state index in [4.69, 9.17) is 16.3 Å². The Bertz CT molecular complexity index is 1040. The summed E-state index contributed by atoms with van der Waals surface area (Å²) >= 11 is 6.15. The largest absolute Gasteiger partial charge is 0.495 e. The third-order valence-electron chi connectivity index (χ3n) is 5.16. The molecule has 9 heteroatoms. The number of ether oxygens (including phenoxy) is 1. The van der Waals surface area contributed by atoms with Gasteiger partial charge in [-0.1, -0.05) is 55.8 Å². The van der Waals surface area contributed by atoms with Crippen LogP contribution in [-0.2, 0) is 5.41 Å². The molecule has 0 saturated heterocycles. The van der Waals surface area contributed by atoms with Gasteiger partial charge in [-0.2, -0.15) is 23.1 Å². The van der Waals surface area contributed by atoms with Gasteiger partial charge in [0.15, 0.2) is 5.60 Å². The summed E-state index contributed by atoms with van der Waals surface area (Å²) < 4.78 is 47.2. The van der Waals surface area contributed by atoms with Gasteiger partial charge in [-0.05, 0) is 24.0 Å². The lowest BCUT2D eigenvalue weighted by atomic mass is 9.74. The molecule has 1 heterocycles. The van der Waals surface area contributed by atoms with Crippen molar-refractivity contribution in [2.45, 2.75) is 37.5 Å². The van der Waals surface area contributed by atoms with Crippen LogP contribution in [0.15, 0.2) is 48.7 Å². The molecule has 162 valence electrons. The first-order valence-corrected chi connectivity index (χ1v) is 9.65. The highest BCUT2D eigenvalue weighted by atomic mass is 35.5. The van der Waals surface area contributed by atoms with Crippen LogP contribution in [0.3, 0.4) is 0 Å². The van der Waals surface area contributed by atoms with Gasteiger partial charge in [0.1, 0.15) is 5.75 Å². The van der Waals surface area contributed by atoms with Crippen LogP contribution >= 0.6 is 11.6 Å². The van der Waals surface area contributed by atoms with Crippen molar-refractivity contribution in [2.75, 3.05) is 19.1 Å². The Kier molecular flexibility index (Phi) is 5.93. The number of aliphatic hydroxyl groups is 1. The number of hydrogen-bond acceptors (Lipinski definition) is 4. The van der Waals surface area contributed by atoms with E-state index in [-0.39, 0.29) is 0 Å². The number of benzene rings is 2. The van der Waals surface area contributed by atoms with Crippen LogP contribution in [0, 0.1) is 0 Å². The second-order valence-corrected chi connectivity index (χ2v) is 8.27. The number of fused-ring (bicyclic) bond motifs is 1. The summed E-state index contributed by atoms with van der Waals surface area (Å²) in [7, 11) is 1.40. The Balaban J connectivity index is 1.91. The van der Waals surface area contributed by atoms with Gasteiger partial charge in [0, 0.05) is 10.9 Å². The summed E-state index contributed by atoms with van der Waals surface area (Å²) in [5, 5.41) is 15.9. The second kappa shape index (κ2) is 8.00. The van der Waals surface area contributed by atoms with E-state index < -0.39 is 30.2 Å². The number of alkyl halides is 3. The summed E-state index contributed by atoms with van der Waals surface area (Å²) in [5.74, 6) is 0.291. The van der Waals surface area contributed by atoms with Crippen molar-refractivity contribution in [2.24, 2.45) is 0 Å². The first kappa shape index (κ1) is 22.2. The first-order chi connectivity index (χ1) is 14.0. The molecule has 30 heavy (non-hydrogen) atoms. The summed E-state index contributed by atoms with van der Waals surface area (Å²) in [6.07, 6.45) is -3.96. The van der Waals surface area contributed by atoms with Crippen molar-refractivity contribution < 1.29 is 23.0 Å². The lowest BCUT2D eigenvalue weighted by Gasteiger charge is -2.38. The molecule has 0 aliphatic heterocycles. The van der Waals surface area contributed by atoms with E-state index >= 15 is 0 Å². The summed E-state index contributed by atoms with van der Waals surface area (Å²) in [6.45, 7) is 2.44. The average Bonchev–Trinajstić information content (AvgIpc) is 3.08. The highest BCUT2D eigenvalue weighted by Gasteiger charge is 2.56. The minimum Gasteiger partial charge on any atom is -0.495 e. The number of nitrogens with one attached hydrogen (secondary N) is 1. The highest BCUT2D eigenvalue weighted by molar-refractivity contribution is 6.32. The monoisotopic (exact) mass is 441 g/mol. The van der Waals surface area contributed by atoms with Crippen LogP contribution in [0.4, 0.5) is 13.2 Å². The van der Waals surface area contributed by atoms with Crippen molar-refractivity contribution in [1.82, 2.24) is 9.89 Å². The molecule has 5 nitrogen and oxygen atoms in total. The average molecular weight is 442 g/mol. The number of hydrogen-bond donors (Lipinski definition) is 2. The fraction of sp³-hybridized carbons (Fsp3) is 0.381. The van der Waals surface area contributed by atoms with Gasteiger partial charge in [0.05, 0.1) is 30.4 Å². The number of aromatic nitrogens is 2. The normalized spacial score (nSPS) is 14.5. The van der Waals surface area contributed by atoms with Crippen molar-refractivity contribution in [3.63, 3.8) is 0 Å². The maximum absolute atomic E-state index is 14.0. The number of methoxy groups -OCH3 is 1. The zero-order valence-corrected chi connectivity index (χ0v) is 17.6. The van der Waals surface area contributed by atoms with Crippen LogP contribution in [0.1, 0.15) is 25.8 Å². The molecule has 0 amide bonds.